The molecule has 1 amide bonds. The molecule has 0 radical (unpaired) electrons. The second-order valence-corrected chi connectivity index (χ2v) is 8.42. The van der Waals surface area contributed by atoms with Crippen molar-refractivity contribution in [3.63, 3.8) is 0 Å². The smallest absolute Gasteiger partial charge is 0.266 e. The minimum absolute atomic E-state index is 0.176. The molecule has 0 saturated carbocycles. The van der Waals surface area contributed by atoms with Crippen LogP contribution < -0.4 is 14.6 Å². The van der Waals surface area contributed by atoms with Gasteiger partial charge in [0.2, 0.25) is 0 Å². The average Bonchev–Trinajstić information content (AvgIpc) is 3.00. The molecule has 2 aromatic carbocycles. The summed E-state index contributed by atoms with van der Waals surface area (Å²) in [6, 6.07) is 11.5. The molecule has 0 bridgehead atoms. The number of thioether (sulfide) groups is 1. The third-order valence-corrected chi connectivity index (χ3v) is 6.08. The van der Waals surface area contributed by atoms with Crippen molar-refractivity contribution < 1.29 is 24.2 Å². The van der Waals surface area contributed by atoms with Gasteiger partial charge in [-0.05, 0) is 36.8 Å². The number of halogens is 1. The number of carbonyl (C=O) groups excluding carboxylic acids is 2. The van der Waals surface area contributed by atoms with E-state index in [9.17, 15) is 14.7 Å². The molecule has 156 valence electrons. The van der Waals surface area contributed by atoms with Crippen molar-refractivity contribution in [2.45, 2.75) is 19.6 Å². The van der Waals surface area contributed by atoms with Crippen LogP contribution in [0.2, 0.25) is 5.02 Å². The number of nitrogens with zero attached hydrogens (tertiary/aromatic N) is 1. The summed E-state index contributed by atoms with van der Waals surface area (Å²) in [7, 11) is 1.52. The van der Waals surface area contributed by atoms with Gasteiger partial charge in [-0.2, -0.15) is 0 Å². The van der Waals surface area contributed by atoms with Gasteiger partial charge in [0.05, 0.1) is 24.0 Å². The standard InChI is InChI=1S/C21H18ClNO5S2/c1-12(20(25)26)23-19(24)18(30-21(23)29)10-13-7-8-16(17(9-13)27-2)28-11-14-5-3-4-6-15(14)22/h3-10,12H,11H2,1-2H3,(H,25,26)/p-1. The normalized spacial score (nSPS) is 16.1. The van der Waals surface area contributed by atoms with E-state index in [1.807, 2.05) is 18.2 Å². The summed E-state index contributed by atoms with van der Waals surface area (Å²) in [4.78, 5) is 25.0. The predicted molar refractivity (Wildman–Crippen MR) is 118 cm³/mol. The molecule has 1 unspecified atom stereocenters. The third-order valence-electron chi connectivity index (χ3n) is 4.38. The number of methoxy groups -OCH3 is 1. The maximum absolute atomic E-state index is 12.6. The van der Waals surface area contributed by atoms with Gasteiger partial charge in [0, 0.05) is 10.6 Å². The number of carboxylic acid groups (broad SMARTS) is 1. The van der Waals surface area contributed by atoms with Crippen LogP contribution in [0.25, 0.3) is 6.08 Å². The number of carbonyl (C=O) groups is 2. The number of ether oxygens (including phenoxy) is 2. The number of rotatable bonds is 7. The SMILES string of the molecule is COc1cc(C=C2SC(=S)N(C(C)C(=O)[O-])C2=O)ccc1OCc1ccccc1Cl. The van der Waals surface area contributed by atoms with Crippen LogP contribution in [0.15, 0.2) is 47.4 Å². The highest BCUT2D eigenvalue weighted by Gasteiger charge is 2.35. The maximum atomic E-state index is 12.6. The Hall–Kier alpha value is -2.55. The lowest BCUT2D eigenvalue weighted by Crippen LogP contribution is -2.48. The van der Waals surface area contributed by atoms with Crippen LogP contribution in [0, 0.1) is 0 Å². The Labute approximate surface area is 188 Å². The van der Waals surface area contributed by atoms with Crippen molar-refractivity contribution in [3.8, 4) is 11.5 Å². The van der Waals surface area contributed by atoms with Crippen molar-refractivity contribution >= 4 is 57.9 Å². The predicted octanol–water partition coefficient (Wildman–Crippen LogP) is 3.27. The monoisotopic (exact) mass is 462 g/mol. The van der Waals surface area contributed by atoms with E-state index in [0.29, 0.717) is 27.0 Å². The summed E-state index contributed by atoms with van der Waals surface area (Å²) < 4.78 is 11.4. The van der Waals surface area contributed by atoms with Crippen LogP contribution in [-0.4, -0.2) is 34.2 Å². The van der Waals surface area contributed by atoms with E-state index in [2.05, 4.69) is 0 Å². The minimum Gasteiger partial charge on any atom is -0.548 e. The highest BCUT2D eigenvalue weighted by molar-refractivity contribution is 8.26. The number of hydrogen-bond donors (Lipinski definition) is 0. The molecule has 3 rings (SSSR count). The Balaban J connectivity index is 1.79. The average molecular weight is 463 g/mol. The van der Waals surface area contributed by atoms with Gasteiger partial charge in [-0.3, -0.25) is 9.69 Å². The molecule has 9 heteroatoms. The van der Waals surface area contributed by atoms with Crippen molar-refractivity contribution in [1.29, 1.82) is 0 Å². The lowest BCUT2D eigenvalue weighted by molar-refractivity contribution is -0.309. The van der Waals surface area contributed by atoms with Crippen molar-refractivity contribution in [3.05, 3.63) is 63.5 Å². The van der Waals surface area contributed by atoms with E-state index in [1.54, 1.807) is 30.3 Å². The second kappa shape index (κ2) is 9.51. The van der Waals surface area contributed by atoms with Crippen LogP contribution >= 0.6 is 35.6 Å². The van der Waals surface area contributed by atoms with Gasteiger partial charge in [0.25, 0.3) is 5.91 Å². The van der Waals surface area contributed by atoms with E-state index in [4.69, 9.17) is 33.3 Å². The van der Waals surface area contributed by atoms with Crippen LogP contribution in [0.1, 0.15) is 18.1 Å². The molecule has 6 nitrogen and oxygen atoms in total. The molecule has 30 heavy (non-hydrogen) atoms. The number of aliphatic carboxylic acids is 1. The zero-order chi connectivity index (χ0) is 21.8. The van der Waals surface area contributed by atoms with Gasteiger partial charge in [-0.25, -0.2) is 0 Å². The molecule has 2 aromatic rings. The largest absolute Gasteiger partial charge is 0.548 e. The molecule has 1 aliphatic rings. The van der Waals surface area contributed by atoms with Crippen LogP contribution in [0.4, 0.5) is 0 Å². The molecular weight excluding hydrogens is 446 g/mol. The quantitative estimate of drug-likeness (QED) is 0.461. The van der Waals surface area contributed by atoms with Crippen LogP contribution in [0.3, 0.4) is 0 Å². The molecule has 1 aliphatic heterocycles. The minimum atomic E-state index is -1.37. The summed E-state index contributed by atoms with van der Waals surface area (Å²) in [5, 5.41) is 11.7. The summed E-state index contributed by atoms with van der Waals surface area (Å²) in [6.07, 6.45) is 1.63. The first-order valence-electron chi connectivity index (χ1n) is 8.84. The Morgan fingerprint density at radius 3 is 2.70 bits per heavy atom. The van der Waals surface area contributed by atoms with Crippen molar-refractivity contribution in [1.82, 2.24) is 4.90 Å². The first-order valence-corrected chi connectivity index (χ1v) is 10.4. The fourth-order valence-corrected chi connectivity index (χ4v) is 4.34. The lowest BCUT2D eigenvalue weighted by atomic mass is 10.1. The highest BCUT2D eigenvalue weighted by Crippen LogP contribution is 2.36. The molecule has 0 aliphatic carbocycles. The van der Waals surface area contributed by atoms with Crippen molar-refractivity contribution in [2.24, 2.45) is 0 Å². The number of thiocarbonyl (C=S) groups is 1. The molecular formula is C21H17ClNO5S2-. The first-order chi connectivity index (χ1) is 14.3. The van der Waals surface area contributed by atoms with Gasteiger partial charge < -0.3 is 19.4 Å². The molecule has 1 atom stereocenters. The molecule has 0 aromatic heterocycles. The Bertz CT molecular complexity index is 1040. The summed E-state index contributed by atoms with van der Waals surface area (Å²) in [5.41, 5.74) is 1.52. The zero-order valence-corrected chi connectivity index (χ0v) is 18.5. The van der Waals surface area contributed by atoms with Gasteiger partial charge in [0.1, 0.15) is 10.9 Å². The van der Waals surface area contributed by atoms with E-state index in [-0.39, 0.29) is 10.9 Å². The van der Waals surface area contributed by atoms with E-state index >= 15 is 0 Å². The van der Waals surface area contributed by atoms with Crippen LogP contribution in [-0.2, 0) is 16.2 Å². The molecule has 0 spiro atoms. The summed E-state index contributed by atoms with van der Waals surface area (Å²) >= 11 is 12.3. The first kappa shape index (κ1) is 22.1. The van der Waals surface area contributed by atoms with E-state index < -0.39 is 17.9 Å². The summed E-state index contributed by atoms with van der Waals surface area (Å²) in [6.45, 7) is 1.63. The molecule has 1 saturated heterocycles. The third kappa shape index (κ3) is 4.77. The van der Waals surface area contributed by atoms with Gasteiger partial charge >= 0.3 is 0 Å². The molecule has 1 heterocycles. The van der Waals surface area contributed by atoms with Gasteiger partial charge in [-0.1, -0.05) is 59.8 Å². The maximum Gasteiger partial charge on any atom is 0.266 e. The van der Waals surface area contributed by atoms with Gasteiger partial charge in [-0.15, -0.1) is 0 Å². The Kier molecular flexibility index (Phi) is 7.02. The fraction of sp³-hybridized carbons (Fsp3) is 0.190. The number of hydrogen-bond acceptors (Lipinski definition) is 7. The lowest BCUT2D eigenvalue weighted by Gasteiger charge is -2.23. The Morgan fingerprint density at radius 1 is 1.30 bits per heavy atom. The van der Waals surface area contributed by atoms with E-state index in [0.717, 1.165) is 22.2 Å². The Morgan fingerprint density at radius 2 is 2.03 bits per heavy atom. The van der Waals surface area contributed by atoms with E-state index in [1.165, 1.54) is 14.0 Å². The zero-order valence-electron chi connectivity index (χ0n) is 16.1. The molecule has 0 N–H and O–H groups in total. The second-order valence-electron chi connectivity index (χ2n) is 6.34. The molecule has 1 fully saturated rings. The highest BCUT2D eigenvalue weighted by atomic mass is 35.5. The summed E-state index contributed by atoms with van der Waals surface area (Å²) in [5.74, 6) is -0.837. The number of carboxylic acids is 1. The van der Waals surface area contributed by atoms with Gasteiger partial charge in [0.15, 0.2) is 11.5 Å². The van der Waals surface area contributed by atoms with Crippen molar-refractivity contribution in [2.75, 3.05) is 7.11 Å². The fourth-order valence-electron chi connectivity index (χ4n) is 2.73. The number of benzene rings is 2. The number of amides is 1. The van der Waals surface area contributed by atoms with Crippen LogP contribution in [0.5, 0.6) is 11.5 Å². The topological polar surface area (TPSA) is 78.9 Å².